The number of hydrogen-bond acceptors (Lipinski definition) is 5. The van der Waals surface area contributed by atoms with Crippen molar-refractivity contribution >= 4 is 17.2 Å². The Bertz CT molecular complexity index is 998. The van der Waals surface area contributed by atoms with Crippen LogP contribution >= 0.6 is 7.37 Å². The highest BCUT2D eigenvalue weighted by Crippen LogP contribution is 2.36. The molecule has 28 heavy (non-hydrogen) atoms. The number of phenolic OH excluding ortho intramolecular Hbond substituents is 1. The summed E-state index contributed by atoms with van der Waals surface area (Å²) in [5.74, 6) is 0.270. The third-order valence-corrected chi connectivity index (χ3v) is 7.26. The van der Waals surface area contributed by atoms with Crippen LogP contribution in [0.15, 0.2) is 35.2 Å². The zero-order valence-corrected chi connectivity index (χ0v) is 18.5. The van der Waals surface area contributed by atoms with Crippen LogP contribution in [0.25, 0.3) is 0 Å². The molecule has 8 heteroatoms. The maximum absolute atomic E-state index is 12.5. The number of hydrogen-bond donors (Lipinski definition) is 2. The van der Waals surface area contributed by atoms with Crippen LogP contribution < -0.4 is 4.74 Å². The van der Waals surface area contributed by atoms with E-state index in [4.69, 9.17) is 4.74 Å². The summed E-state index contributed by atoms with van der Waals surface area (Å²) >= 11 is 0. The third-order valence-electron chi connectivity index (χ3n) is 4.47. The van der Waals surface area contributed by atoms with Gasteiger partial charge in [0, 0.05) is 6.66 Å². The molecule has 0 aliphatic rings. The van der Waals surface area contributed by atoms with Crippen molar-refractivity contribution < 1.29 is 27.7 Å². The Morgan fingerprint density at radius 3 is 2.18 bits per heavy atom. The van der Waals surface area contributed by atoms with Crippen LogP contribution in [0.2, 0.25) is 0 Å². The zero-order valence-electron chi connectivity index (χ0n) is 16.8. The highest BCUT2D eigenvalue weighted by molar-refractivity contribution is 7.92. The molecule has 2 aromatic carbocycles. The van der Waals surface area contributed by atoms with E-state index < -0.39 is 22.5 Å². The summed E-state index contributed by atoms with van der Waals surface area (Å²) in [6, 6.07) is 8.23. The second kappa shape index (κ2) is 8.27. The lowest BCUT2D eigenvalue weighted by atomic mass is 9.96. The molecule has 0 aromatic heterocycles. The first-order valence-corrected chi connectivity index (χ1v) is 12.7. The van der Waals surface area contributed by atoms with Crippen molar-refractivity contribution in [2.75, 3.05) is 13.0 Å². The fourth-order valence-corrected chi connectivity index (χ4v) is 4.44. The predicted molar refractivity (Wildman–Crippen MR) is 110 cm³/mol. The van der Waals surface area contributed by atoms with Gasteiger partial charge in [0.15, 0.2) is 16.2 Å². The molecule has 2 N–H and O–H groups in total. The van der Waals surface area contributed by atoms with E-state index in [-0.39, 0.29) is 17.0 Å². The number of aryl methyl sites for hydroxylation is 2. The van der Waals surface area contributed by atoms with Crippen molar-refractivity contribution in [2.45, 2.75) is 44.3 Å². The van der Waals surface area contributed by atoms with Gasteiger partial charge >= 0.3 is 0 Å². The van der Waals surface area contributed by atoms with Crippen molar-refractivity contribution in [3.05, 3.63) is 52.6 Å². The van der Waals surface area contributed by atoms with Gasteiger partial charge in [-0.2, -0.15) is 0 Å². The molecule has 2 rings (SSSR count). The fourth-order valence-electron chi connectivity index (χ4n) is 2.86. The summed E-state index contributed by atoms with van der Waals surface area (Å²) in [4.78, 5) is 9.32. The number of aromatic hydroxyl groups is 1. The number of benzene rings is 2. The van der Waals surface area contributed by atoms with Gasteiger partial charge in [0.05, 0.1) is 5.25 Å². The van der Waals surface area contributed by atoms with E-state index in [2.05, 4.69) is 0 Å². The second-order valence-corrected chi connectivity index (χ2v) is 12.3. The van der Waals surface area contributed by atoms with Gasteiger partial charge in [-0.3, -0.25) is 4.57 Å². The summed E-state index contributed by atoms with van der Waals surface area (Å²) in [7, 11) is -6.86. The number of sulfone groups is 1. The Labute approximate surface area is 166 Å². The van der Waals surface area contributed by atoms with Crippen LogP contribution in [0.3, 0.4) is 0 Å². The second-order valence-electron chi connectivity index (χ2n) is 7.43. The zero-order chi connectivity index (χ0) is 21.3. The molecule has 0 aliphatic heterocycles. The topological polar surface area (TPSA) is 101 Å². The summed E-state index contributed by atoms with van der Waals surface area (Å²) in [5, 5.41) is 9.39. The molecule has 0 aliphatic carbocycles. The summed E-state index contributed by atoms with van der Waals surface area (Å²) in [5.41, 5.74) is 3.64. The molecular formula is C20H27O6PS. The largest absolute Gasteiger partial charge is 0.507 e. The smallest absolute Gasteiger partial charge is 0.233 e. The molecule has 1 atom stereocenters. The lowest BCUT2D eigenvalue weighted by molar-refractivity contribution is 0.352. The van der Waals surface area contributed by atoms with E-state index in [0.717, 1.165) is 22.3 Å². The number of ether oxygens (including phenoxy) is 1. The quantitative estimate of drug-likeness (QED) is 0.649. The summed E-state index contributed by atoms with van der Waals surface area (Å²) in [6.07, 6.45) is 0.241. The van der Waals surface area contributed by atoms with Crippen molar-refractivity contribution in [3.8, 4) is 11.5 Å². The van der Waals surface area contributed by atoms with Crippen LogP contribution in [0.5, 0.6) is 11.5 Å². The van der Waals surface area contributed by atoms with E-state index in [1.807, 2.05) is 13.8 Å². The SMILES string of the molecule is Cc1cc(OCP(C)(=O)O)cc(C)c1Cc1ccc(O)c(S(=O)(=O)C(C)C)c1. The first-order chi connectivity index (χ1) is 12.8. The van der Waals surface area contributed by atoms with Gasteiger partial charge in [-0.25, -0.2) is 8.42 Å². The van der Waals surface area contributed by atoms with Gasteiger partial charge in [-0.15, -0.1) is 0 Å². The Morgan fingerprint density at radius 2 is 1.68 bits per heavy atom. The summed E-state index contributed by atoms with van der Waals surface area (Å²) < 4.78 is 41.8. The van der Waals surface area contributed by atoms with Gasteiger partial charge in [0.1, 0.15) is 16.4 Å². The minimum absolute atomic E-state index is 0.0584. The van der Waals surface area contributed by atoms with E-state index in [1.54, 1.807) is 32.0 Å². The van der Waals surface area contributed by atoms with E-state index >= 15 is 0 Å². The molecule has 0 radical (unpaired) electrons. The highest BCUT2D eigenvalue weighted by Gasteiger charge is 2.23. The molecule has 0 amide bonds. The normalized spacial score (nSPS) is 14.1. The molecule has 2 aromatic rings. The average Bonchev–Trinajstić information content (AvgIpc) is 2.56. The van der Waals surface area contributed by atoms with Gasteiger partial charge in [0.2, 0.25) is 7.37 Å². The van der Waals surface area contributed by atoms with Crippen LogP contribution in [0.1, 0.15) is 36.1 Å². The van der Waals surface area contributed by atoms with Crippen LogP contribution in [0.4, 0.5) is 0 Å². The van der Waals surface area contributed by atoms with Crippen LogP contribution in [-0.2, 0) is 20.8 Å². The average molecular weight is 426 g/mol. The van der Waals surface area contributed by atoms with E-state index in [0.29, 0.717) is 12.2 Å². The van der Waals surface area contributed by atoms with Gasteiger partial charge in [-0.1, -0.05) is 6.07 Å². The third kappa shape index (κ3) is 5.37. The minimum Gasteiger partial charge on any atom is -0.507 e. The molecule has 6 nitrogen and oxygen atoms in total. The number of phenols is 1. The maximum atomic E-state index is 12.5. The lowest BCUT2D eigenvalue weighted by Crippen LogP contribution is -2.14. The highest BCUT2D eigenvalue weighted by atomic mass is 32.2. The fraction of sp³-hybridized carbons (Fsp3) is 0.400. The van der Waals surface area contributed by atoms with Crippen molar-refractivity contribution in [1.82, 2.24) is 0 Å². The molecule has 1 unspecified atom stereocenters. The molecule has 0 fully saturated rings. The van der Waals surface area contributed by atoms with Crippen molar-refractivity contribution in [3.63, 3.8) is 0 Å². The minimum atomic E-state index is -3.59. The standard InChI is InChI=1S/C20H27O6PS/c1-13(2)28(24,25)20-11-16(6-7-19(20)21)10-18-14(3)8-17(9-15(18)4)26-12-27(5,22)23/h6-9,11,13,21H,10,12H2,1-5H3,(H,22,23). The number of rotatable bonds is 7. The predicted octanol–water partition coefficient (Wildman–Crippen LogP) is 4.02. The van der Waals surface area contributed by atoms with Gasteiger partial charge in [-0.05, 0) is 80.6 Å². The van der Waals surface area contributed by atoms with Crippen LogP contribution in [-0.4, -0.2) is 36.7 Å². The molecule has 0 spiro atoms. The Hall–Kier alpha value is -1.82. The first kappa shape index (κ1) is 22.5. The maximum Gasteiger partial charge on any atom is 0.233 e. The van der Waals surface area contributed by atoms with E-state index in [1.165, 1.54) is 18.8 Å². The van der Waals surface area contributed by atoms with Gasteiger partial charge < -0.3 is 14.7 Å². The molecule has 0 bridgehead atoms. The Kier molecular flexibility index (Phi) is 6.64. The van der Waals surface area contributed by atoms with E-state index in [9.17, 15) is 23.0 Å². The molecule has 0 saturated heterocycles. The monoisotopic (exact) mass is 426 g/mol. The van der Waals surface area contributed by atoms with Crippen LogP contribution in [0, 0.1) is 13.8 Å². The first-order valence-electron chi connectivity index (χ1n) is 8.89. The Morgan fingerprint density at radius 1 is 1.11 bits per heavy atom. The van der Waals surface area contributed by atoms with Gasteiger partial charge in [0.25, 0.3) is 0 Å². The molecule has 154 valence electrons. The molecule has 0 saturated carbocycles. The van der Waals surface area contributed by atoms with Crippen molar-refractivity contribution in [2.24, 2.45) is 0 Å². The summed E-state index contributed by atoms with van der Waals surface area (Å²) in [6.45, 7) is 8.22. The van der Waals surface area contributed by atoms with Crippen molar-refractivity contribution in [1.29, 1.82) is 0 Å². The Balaban J connectivity index is 2.35. The molecular weight excluding hydrogens is 399 g/mol. The lowest BCUT2D eigenvalue weighted by Gasteiger charge is -2.16. The molecule has 0 heterocycles.